The van der Waals surface area contributed by atoms with E-state index in [4.69, 9.17) is 9.47 Å². The van der Waals surface area contributed by atoms with Gasteiger partial charge in [-0.25, -0.2) is 23.1 Å². The highest BCUT2D eigenvalue weighted by Crippen LogP contribution is 2.36. The molecule has 10 nitrogen and oxygen atoms in total. The highest BCUT2D eigenvalue weighted by Gasteiger charge is 2.43. The van der Waals surface area contributed by atoms with Crippen LogP contribution in [0, 0.1) is 6.92 Å². The van der Waals surface area contributed by atoms with Gasteiger partial charge in [0.25, 0.3) is 0 Å². The van der Waals surface area contributed by atoms with Crippen LogP contribution in [-0.4, -0.2) is 81.1 Å². The number of nitrogens with zero attached hydrogens (tertiary/aromatic N) is 3. The second-order valence-electron chi connectivity index (χ2n) is 8.94. The summed E-state index contributed by atoms with van der Waals surface area (Å²) in [6, 6.07) is 8.27. The number of aromatic nitrogens is 2. The SMILES string of the molecule is CNS(=O)(=O)c1cccc(OCC(O)CNC2COC3(CCN(c4nccc(C)n4)CC3)C2)c1. The van der Waals surface area contributed by atoms with E-state index in [0.717, 1.165) is 44.0 Å². The monoisotopic (exact) mass is 491 g/mol. The van der Waals surface area contributed by atoms with E-state index in [-0.39, 0.29) is 23.1 Å². The fourth-order valence-electron chi connectivity index (χ4n) is 4.43. The quantitative estimate of drug-likeness (QED) is 0.468. The minimum absolute atomic E-state index is 0.0558. The number of hydrogen-bond acceptors (Lipinski definition) is 9. The van der Waals surface area contributed by atoms with Crippen LogP contribution in [0.4, 0.5) is 5.95 Å². The summed E-state index contributed by atoms with van der Waals surface area (Å²) in [5, 5.41) is 13.7. The third kappa shape index (κ3) is 6.02. The molecule has 2 aliphatic heterocycles. The summed E-state index contributed by atoms with van der Waals surface area (Å²) >= 11 is 0. The summed E-state index contributed by atoms with van der Waals surface area (Å²) in [6.45, 7) is 4.71. The predicted molar refractivity (Wildman–Crippen MR) is 127 cm³/mol. The number of aliphatic hydroxyl groups is 1. The van der Waals surface area contributed by atoms with Gasteiger partial charge in [-0.1, -0.05) is 6.07 Å². The second kappa shape index (κ2) is 10.5. The van der Waals surface area contributed by atoms with Crippen molar-refractivity contribution in [3.8, 4) is 5.75 Å². The molecule has 0 radical (unpaired) electrons. The third-order valence-corrected chi connectivity index (χ3v) is 7.83. The Balaban J connectivity index is 1.20. The van der Waals surface area contributed by atoms with Crippen molar-refractivity contribution in [3.05, 3.63) is 42.2 Å². The number of rotatable bonds is 9. The molecule has 2 fully saturated rings. The lowest BCUT2D eigenvalue weighted by molar-refractivity contribution is -0.0152. The van der Waals surface area contributed by atoms with Crippen LogP contribution in [0.5, 0.6) is 5.75 Å². The summed E-state index contributed by atoms with van der Waals surface area (Å²) in [4.78, 5) is 11.2. The molecule has 11 heteroatoms. The van der Waals surface area contributed by atoms with E-state index in [9.17, 15) is 13.5 Å². The predicted octanol–water partition coefficient (Wildman–Crippen LogP) is 0.851. The zero-order valence-corrected chi connectivity index (χ0v) is 20.4. The Hall–Kier alpha value is -2.31. The average Bonchev–Trinajstić information content (AvgIpc) is 3.24. The maximum atomic E-state index is 11.9. The number of hydrogen-bond donors (Lipinski definition) is 3. The second-order valence-corrected chi connectivity index (χ2v) is 10.8. The first-order valence-electron chi connectivity index (χ1n) is 11.5. The number of anilines is 1. The summed E-state index contributed by atoms with van der Waals surface area (Å²) in [5.74, 6) is 1.17. The Morgan fingerprint density at radius 2 is 2.12 bits per heavy atom. The first-order chi connectivity index (χ1) is 16.3. The number of benzene rings is 1. The summed E-state index contributed by atoms with van der Waals surface area (Å²) in [7, 11) is -2.19. The van der Waals surface area contributed by atoms with Crippen molar-refractivity contribution in [1.82, 2.24) is 20.0 Å². The standard InChI is InChI=1S/C23H33N5O5S/c1-17-6-9-25-22(27-17)28-10-7-23(8-11-28)13-18(15-33-23)26-14-19(29)16-32-20-4-3-5-21(12-20)34(30,31)24-2/h3-6,9,12,18-19,24,26,29H,7-8,10-11,13-16H2,1-2H3. The number of ether oxygens (including phenoxy) is 2. The van der Waals surface area contributed by atoms with Crippen molar-refractivity contribution in [1.29, 1.82) is 0 Å². The minimum atomic E-state index is -3.54. The van der Waals surface area contributed by atoms with Crippen LogP contribution < -0.4 is 19.7 Å². The largest absolute Gasteiger partial charge is 0.491 e. The van der Waals surface area contributed by atoms with Crippen LogP contribution in [-0.2, 0) is 14.8 Å². The molecule has 2 unspecified atom stereocenters. The van der Waals surface area contributed by atoms with Crippen molar-refractivity contribution in [2.24, 2.45) is 0 Å². The Morgan fingerprint density at radius 1 is 1.32 bits per heavy atom. The molecular weight excluding hydrogens is 458 g/mol. The molecule has 2 saturated heterocycles. The van der Waals surface area contributed by atoms with Gasteiger partial charge in [0, 0.05) is 43.6 Å². The minimum Gasteiger partial charge on any atom is -0.491 e. The molecule has 2 aliphatic rings. The molecule has 0 amide bonds. The van der Waals surface area contributed by atoms with E-state index in [2.05, 4.69) is 24.9 Å². The smallest absolute Gasteiger partial charge is 0.240 e. The van der Waals surface area contributed by atoms with E-state index in [1.807, 2.05) is 13.0 Å². The summed E-state index contributed by atoms with van der Waals surface area (Å²) < 4.78 is 37.9. The summed E-state index contributed by atoms with van der Waals surface area (Å²) in [6.07, 6.45) is 3.79. The molecule has 186 valence electrons. The molecule has 4 rings (SSSR count). The van der Waals surface area contributed by atoms with Gasteiger partial charge in [-0.3, -0.25) is 0 Å². The Morgan fingerprint density at radius 3 is 2.85 bits per heavy atom. The van der Waals surface area contributed by atoms with Gasteiger partial charge in [0.15, 0.2) is 0 Å². The molecule has 1 aromatic carbocycles. The molecule has 2 atom stereocenters. The van der Waals surface area contributed by atoms with Gasteiger partial charge in [0.05, 0.1) is 17.1 Å². The highest BCUT2D eigenvalue weighted by molar-refractivity contribution is 7.89. The number of piperidine rings is 1. The van der Waals surface area contributed by atoms with E-state index < -0.39 is 16.1 Å². The first kappa shape index (κ1) is 24.8. The van der Waals surface area contributed by atoms with Crippen molar-refractivity contribution < 1.29 is 23.0 Å². The topological polar surface area (TPSA) is 126 Å². The molecule has 3 N–H and O–H groups in total. The lowest BCUT2D eigenvalue weighted by Gasteiger charge is -2.38. The highest BCUT2D eigenvalue weighted by atomic mass is 32.2. The van der Waals surface area contributed by atoms with Crippen LogP contribution in [0.25, 0.3) is 0 Å². The van der Waals surface area contributed by atoms with E-state index in [0.29, 0.717) is 18.9 Å². The summed E-state index contributed by atoms with van der Waals surface area (Å²) in [5.41, 5.74) is 0.823. The van der Waals surface area contributed by atoms with Crippen molar-refractivity contribution >= 4 is 16.0 Å². The molecule has 0 saturated carbocycles. The average molecular weight is 492 g/mol. The van der Waals surface area contributed by atoms with Gasteiger partial charge >= 0.3 is 0 Å². The maximum Gasteiger partial charge on any atom is 0.240 e. The molecule has 1 aromatic heterocycles. The number of aryl methyl sites for hydroxylation is 1. The van der Waals surface area contributed by atoms with Gasteiger partial charge in [-0.2, -0.15) is 0 Å². The number of aliphatic hydroxyl groups excluding tert-OH is 1. The number of sulfonamides is 1. The molecule has 3 heterocycles. The van der Waals surface area contributed by atoms with Gasteiger partial charge in [0.2, 0.25) is 16.0 Å². The van der Waals surface area contributed by atoms with Gasteiger partial charge in [0.1, 0.15) is 18.5 Å². The van der Waals surface area contributed by atoms with Crippen LogP contribution in [0.1, 0.15) is 25.0 Å². The Bertz CT molecular complexity index is 1070. The molecule has 0 aliphatic carbocycles. The van der Waals surface area contributed by atoms with Crippen LogP contribution in [0.3, 0.4) is 0 Å². The van der Waals surface area contributed by atoms with Gasteiger partial charge in [-0.05, 0) is 51.4 Å². The molecule has 1 spiro atoms. The molecule has 0 bridgehead atoms. The fourth-order valence-corrected chi connectivity index (χ4v) is 5.19. The lowest BCUT2D eigenvalue weighted by Crippen LogP contribution is -2.45. The third-order valence-electron chi connectivity index (χ3n) is 6.42. The lowest BCUT2D eigenvalue weighted by atomic mass is 9.87. The number of nitrogens with one attached hydrogen (secondary N) is 2. The van der Waals surface area contributed by atoms with E-state index >= 15 is 0 Å². The fraction of sp³-hybridized carbons (Fsp3) is 0.565. The van der Waals surface area contributed by atoms with Crippen molar-refractivity contribution in [2.75, 3.05) is 44.8 Å². The van der Waals surface area contributed by atoms with Crippen LogP contribution >= 0.6 is 0 Å². The molecule has 2 aromatic rings. The van der Waals surface area contributed by atoms with Gasteiger partial charge < -0.3 is 24.8 Å². The van der Waals surface area contributed by atoms with E-state index in [1.165, 1.54) is 19.2 Å². The van der Waals surface area contributed by atoms with Gasteiger partial charge in [-0.15, -0.1) is 0 Å². The first-order valence-corrected chi connectivity index (χ1v) is 13.0. The van der Waals surface area contributed by atoms with E-state index in [1.54, 1.807) is 18.3 Å². The van der Waals surface area contributed by atoms with Crippen molar-refractivity contribution in [2.45, 2.75) is 48.8 Å². The molecule has 34 heavy (non-hydrogen) atoms. The normalized spacial score (nSPS) is 21.0. The maximum absolute atomic E-state index is 11.9. The van der Waals surface area contributed by atoms with Crippen LogP contribution in [0.15, 0.2) is 41.4 Å². The van der Waals surface area contributed by atoms with Crippen molar-refractivity contribution in [3.63, 3.8) is 0 Å². The van der Waals surface area contributed by atoms with Crippen LogP contribution in [0.2, 0.25) is 0 Å². The molecular formula is C23H33N5O5S. The zero-order chi connectivity index (χ0) is 24.2. The Labute approximate surface area is 200 Å². The Kier molecular flexibility index (Phi) is 7.68. The zero-order valence-electron chi connectivity index (χ0n) is 19.6.